The van der Waals surface area contributed by atoms with E-state index >= 15 is 0 Å². The molecule has 0 bridgehead atoms. The highest BCUT2D eigenvalue weighted by Gasteiger charge is 2.23. The SMILES string of the molecule is CCOC(=O)c1cccc(NS(=O)(=O)c2nnc(NC(=O)c3ccccc3C)s2)c1C. The molecule has 9 nitrogen and oxygen atoms in total. The van der Waals surface area contributed by atoms with Gasteiger partial charge in [-0.05, 0) is 50.1 Å². The van der Waals surface area contributed by atoms with Crippen LogP contribution in [0.1, 0.15) is 38.8 Å². The lowest BCUT2D eigenvalue weighted by atomic mass is 10.1. The van der Waals surface area contributed by atoms with E-state index in [1.54, 1.807) is 51.1 Å². The van der Waals surface area contributed by atoms with Gasteiger partial charge in [0.1, 0.15) is 0 Å². The summed E-state index contributed by atoms with van der Waals surface area (Å²) in [6.45, 7) is 5.29. The van der Waals surface area contributed by atoms with Crippen molar-refractivity contribution in [3.63, 3.8) is 0 Å². The van der Waals surface area contributed by atoms with Crippen molar-refractivity contribution in [1.29, 1.82) is 0 Å². The smallest absolute Gasteiger partial charge is 0.338 e. The van der Waals surface area contributed by atoms with Gasteiger partial charge in [-0.15, -0.1) is 10.2 Å². The molecule has 0 fully saturated rings. The Kier molecular flexibility index (Phi) is 6.66. The van der Waals surface area contributed by atoms with Crippen LogP contribution in [0.5, 0.6) is 0 Å². The molecule has 0 aliphatic carbocycles. The first-order chi connectivity index (χ1) is 14.7. The molecular formula is C20H20N4O5S2. The van der Waals surface area contributed by atoms with Crippen LogP contribution in [-0.2, 0) is 14.8 Å². The largest absolute Gasteiger partial charge is 0.462 e. The van der Waals surface area contributed by atoms with Crippen LogP contribution in [0.2, 0.25) is 0 Å². The number of anilines is 2. The number of carbonyl (C=O) groups excluding carboxylic acids is 2. The zero-order chi connectivity index (χ0) is 22.6. The van der Waals surface area contributed by atoms with Crippen LogP contribution in [-0.4, -0.2) is 37.1 Å². The second-order valence-electron chi connectivity index (χ2n) is 6.45. The lowest BCUT2D eigenvalue weighted by molar-refractivity contribution is 0.0525. The van der Waals surface area contributed by atoms with Crippen molar-refractivity contribution in [2.24, 2.45) is 0 Å². The zero-order valence-electron chi connectivity index (χ0n) is 17.0. The Hall–Kier alpha value is -3.31. The Labute approximate surface area is 183 Å². The van der Waals surface area contributed by atoms with Gasteiger partial charge in [0.25, 0.3) is 20.3 Å². The molecule has 0 spiro atoms. The first-order valence-electron chi connectivity index (χ1n) is 9.23. The summed E-state index contributed by atoms with van der Waals surface area (Å²) in [4.78, 5) is 24.4. The monoisotopic (exact) mass is 460 g/mol. The summed E-state index contributed by atoms with van der Waals surface area (Å²) in [5, 5.41) is 10.0. The second kappa shape index (κ2) is 9.23. The summed E-state index contributed by atoms with van der Waals surface area (Å²) in [7, 11) is -4.09. The number of aromatic nitrogens is 2. The number of carbonyl (C=O) groups is 2. The van der Waals surface area contributed by atoms with E-state index in [4.69, 9.17) is 4.74 Å². The highest BCUT2D eigenvalue weighted by Crippen LogP contribution is 2.26. The first kappa shape index (κ1) is 22.4. The number of esters is 1. The molecule has 0 aliphatic rings. The van der Waals surface area contributed by atoms with Crippen molar-refractivity contribution in [2.45, 2.75) is 25.1 Å². The number of ether oxygens (including phenoxy) is 1. The number of sulfonamides is 1. The summed E-state index contributed by atoms with van der Waals surface area (Å²) in [6.07, 6.45) is 0. The highest BCUT2D eigenvalue weighted by atomic mass is 32.2. The molecule has 1 aromatic heterocycles. The fourth-order valence-corrected chi connectivity index (χ4v) is 4.74. The van der Waals surface area contributed by atoms with Gasteiger partial charge in [-0.3, -0.25) is 14.8 Å². The molecule has 0 radical (unpaired) electrons. The average molecular weight is 461 g/mol. The standard InChI is InChI=1S/C20H20N4O5S2/c1-4-29-18(26)15-10-7-11-16(13(15)3)24-31(27,28)20-23-22-19(30-20)21-17(25)14-9-6-5-8-12(14)2/h5-11,24H,4H2,1-3H3,(H,21,22,25). The molecule has 162 valence electrons. The maximum atomic E-state index is 12.8. The van der Waals surface area contributed by atoms with Crippen LogP contribution < -0.4 is 10.0 Å². The maximum absolute atomic E-state index is 12.8. The molecule has 11 heteroatoms. The molecule has 0 saturated heterocycles. The summed E-state index contributed by atoms with van der Waals surface area (Å²) in [5.41, 5.74) is 2.11. The Bertz CT molecular complexity index is 1240. The van der Waals surface area contributed by atoms with E-state index in [0.717, 1.165) is 5.56 Å². The van der Waals surface area contributed by atoms with Crippen molar-refractivity contribution in [1.82, 2.24) is 10.2 Å². The third kappa shape index (κ3) is 5.06. The van der Waals surface area contributed by atoms with E-state index in [2.05, 4.69) is 20.2 Å². The molecule has 2 N–H and O–H groups in total. The molecule has 1 heterocycles. The van der Waals surface area contributed by atoms with Gasteiger partial charge in [-0.25, -0.2) is 4.79 Å². The molecule has 2 aromatic carbocycles. The maximum Gasteiger partial charge on any atom is 0.338 e. The van der Waals surface area contributed by atoms with E-state index in [1.807, 2.05) is 6.07 Å². The first-order valence-corrected chi connectivity index (χ1v) is 11.5. The predicted molar refractivity (Wildman–Crippen MR) is 117 cm³/mol. The summed E-state index contributed by atoms with van der Waals surface area (Å²) >= 11 is 0.716. The summed E-state index contributed by atoms with van der Waals surface area (Å²) < 4.78 is 32.6. The van der Waals surface area contributed by atoms with Crippen LogP contribution in [0.15, 0.2) is 46.8 Å². The van der Waals surface area contributed by atoms with Crippen LogP contribution in [0.3, 0.4) is 0 Å². The number of benzene rings is 2. The molecule has 0 unspecified atom stereocenters. The van der Waals surface area contributed by atoms with Crippen LogP contribution in [0.25, 0.3) is 0 Å². The van der Waals surface area contributed by atoms with E-state index in [1.165, 1.54) is 6.07 Å². The van der Waals surface area contributed by atoms with Crippen LogP contribution >= 0.6 is 11.3 Å². The lowest BCUT2D eigenvalue weighted by Crippen LogP contribution is -2.15. The van der Waals surface area contributed by atoms with Gasteiger partial charge in [-0.1, -0.05) is 35.6 Å². The van der Waals surface area contributed by atoms with Crippen molar-refractivity contribution in [3.8, 4) is 0 Å². The van der Waals surface area contributed by atoms with E-state index < -0.39 is 21.9 Å². The molecule has 31 heavy (non-hydrogen) atoms. The van der Waals surface area contributed by atoms with Crippen LogP contribution in [0.4, 0.5) is 10.8 Å². The van der Waals surface area contributed by atoms with Gasteiger partial charge in [0.05, 0.1) is 17.9 Å². The topological polar surface area (TPSA) is 127 Å². The average Bonchev–Trinajstić information content (AvgIpc) is 3.19. The van der Waals surface area contributed by atoms with Crippen molar-refractivity contribution < 1.29 is 22.7 Å². The summed E-state index contributed by atoms with van der Waals surface area (Å²) in [5.74, 6) is -0.956. The fraction of sp³-hybridized carbons (Fsp3) is 0.200. The molecule has 0 saturated carbocycles. The molecule has 3 rings (SSSR count). The van der Waals surface area contributed by atoms with Gasteiger partial charge in [0, 0.05) is 5.56 Å². The minimum Gasteiger partial charge on any atom is -0.462 e. The Morgan fingerprint density at radius 1 is 1.03 bits per heavy atom. The number of nitrogens with zero attached hydrogens (tertiary/aromatic N) is 2. The minimum atomic E-state index is -4.09. The number of amides is 1. The third-order valence-corrected chi connectivity index (χ3v) is 6.89. The molecule has 0 aliphatic heterocycles. The number of rotatable bonds is 7. The number of hydrogen-bond acceptors (Lipinski definition) is 8. The van der Waals surface area contributed by atoms with Gasteiger partial charge < -0.3 is 4.74 Å². The Balaban J connectivity index is 1.79. The van der Waals surface area contributed by atoms with E-state index in [9.17, 15) is 18.0 Å². The molecule has 1 amide bonds. The zero-order valence-corrected chi connectivity index (χ0v) is 18.6. The number of nitrogens with one attached hydrogen (secondary N) is 2. The van der Waals surface area contributed by atoms with Crippen molar-refractivity contribution in [2.75, 3.05) is 16.6 Å². The summed E-state index contributed by atoms with van der Waals surface area (Å²) in [6, 6.07) is 11.6. The minimum absolute atomic E-state index is 0.0469. The quantitative estimate of drug-likeness (QED) is 0.409. The van der Waals surface area contributed by atoms with Gasteiger partial charge >= 0.3 is 5.97 Å². The van der Waals surface area contributed by atoms with Crippen molar-refractivity contribution in [3.05, 3.63) is 64.7 Å². The van der Waals surface area contributed by atoms with Crippen molar-refractivity contribution >= 4 is 44.1 Å². The predicted octanol–water partition coefficient (Wildman–Crippen LogP) is 3.38. The molecule has 0 atom stereocenters. The highest BCUT2D eigenvalue weighted by molar-refractivity contribution is 7.94. The number of aryl methyl sites for hydroxylation is 1. The molecular weight excluding hydrogens is 440 g/mol. The van der Waals surface area contributed by atoms with E-state index in [-0.39, 0.29) is 27.3 Å². The van der Waals surface area contributed by atoms with Gasteiger partial charge in [0.2, 0.25) is 5.13 Å². The second-order valence-corrected chi connectivity index (χ2v) is 9.28. The number of hydrogen-bond donors (Lipinski definition) is 2. The Morgan fingerprint density at radius 2 is 1.74 bits per heavy atom. The fourth-order valence-electron chi connectivity index (χ4n) is 2.73. The van der Waals surface area contributed by atoms with Crippen LogP contribution in [0, 0.1) is 13.8 Å². The third-order valence-electron chi connectivity index (χ3n) is 4.32. The molecule has 3 aromatic rings. The van der Waals surface area contributed by atoms with Gasteiger partial charge in [0.15, 0.2) is 0 Å². The normalized spacial score (nSPS) is 11.1. The Morgan fingerprint density at radius 3 is 2.45 bits per heavy atom. The van der Waals surface area contributed by atoms with Gasteiger partial charge in [-0.2, -0.15) is 8.42 Å². The lowest BCUT2D eigenvalue weighted by Gasteiger charge is -2.11. The van der Waals surface area contributed by atoms with E-state index in [0.29, 0.717) is 22.5 Å².